The molecule has 0 unspecified atom stereocenters. The van der Waals surface area contributed by atoms with Crippen LogP contribution in [0.3, 0.4) is 0 Å². The third-order valence-electron chi connectivity index (χ3n) is 4.34. The number of aromatic nitrogens is 4. The Morgan fingerprint density at radius 2 is 2.03 bits per heavy atom. The van der Waals surface area contributed by atoms with E-state index in [4.69, 9.17) is 11.6 Å². The quantitative estimate of drug-likeness (QED) is 0.452. The average molecular weight is 458 g/mol. The van der Waals surface area contributed by atoms with Gasteiger partial charge in [0, 0.05) is 18.3 Å². The van der Waals surface area contributed by atoms with Crippen LogP contribution in [0.4, 0.5) is 25.8 Å². The molecule has 31 heavy (non-hydrogen) atoms. The minimum absolute atomic E-state index is 0.240. The summed E-state index contributed by atoms with van der Waals surface area (Å²) in [7, 11) is 1.71. The lowest BCUT2D eigenvalue weighted by Gasteiger charge is -2.18. The van der Waals surface area contributed by atoms with E-state index in [0.29, 0.717) is 37.7 Å². The number of halogens is 2. The van der Waals surface area contributed by atoms with Crippen molar-refractivity contribution in [3.63, 3.8) is 0 Å². The van der Waals surface area contributed by atoms with Gasteiger partial charge in [0.25, 0.3) is 0 Å². The van der Waals surface area contributed by atoms with Gasteiger partial charge in [-0.3, -0.25) is 15.3 Å². The Bertz CT molecular complexity index is 1250. The molecule has 2 amide bonds. The predicted octanol–water partition coefficient (Wildman–Crippen LogP) is 4.67. The summed E-state index contributed by atoms with van der Waals surface area (Å²) in [6.45, 7) is 2.08. The highest BCUT2D eigenvalue weighted by atomic mass is 35.5. The maximum absolute atomic E-state index is 14.2. The van der Waals surface area contributed by atoms with Crippen LogP contribution in [0.2, 0.25) is 5.02 Å². The second kappa shape index (κ2) is 8.78. The van der Waals surface area contributed by atoms with Crippen LogP contribution in [0.15, 0.2) is 42.7 Å². The fourth-order valence-corrected chi connectivity index (χ4v) is 3.73. The molecule has 4 aromatic rings. The zero-order valence-electron chi connectivity index (χ0n) is 16.6. The standard InChI is InChI=1S/C20H17ClFN7OS/c1-11-8-24-13(9-23-11)10-25-19(30)28-20-26-15-4-6-17(27-18(15)31-20)29(2)16-5-3-12(21)7-14(16)22/h3-9H,10H2,1-2H3,(H2,25,26,28,30). The molecule has 1 aromatic carbocycles. The second-order valence-electron chi connectivity index (χ2n) is 6.62. The van der Waals surface area contributed by atoms with E-state index in [0.717, 1.165) is 5.69 Å². The molecule has 0 radical (unpaired) electrons. The van der Waals surface area contributed by atoms with Crippen LogP contribution < -0.4 is 15.5 Å². The molecule has 0 saturated heterocycles. The van der Waals surface area contributed by atoms with Gasteiger partial charge in [0.2, 0.25) is 0 Å². The van der Waals surface area contributed by atoms with Crippen molar-refractivity contribution >= 4 is 56.0 Å². The molecule has 0 fully saturated rings. The van der Waals surface area contributed by atoms with E-state index in [2.05, 4.69) is 30.6 Å². The number of anilines is 3. The summed E-state index contributed by atoms with van der Waals surface area (Å²) in [5.74, 6) is 0.0878. The minimum Gasteiger partial charge on any atom is -0.332 e. The van der Waals surface area contributed by atoms with E-state index in [-0.39, 0.29) is 6.54 Å². The molecule has 158 valence electrons. The normalized spacial score (nSPS) is 10.8. The van der Waals surface area contributed by atoms with Gasteiger partial charge < -0.3 is 10.2 Å². The predicted molar refractivity (Wildman–Crippen MR) is 120 cm³/mol. The van der Waals surface area contributed by atoms with Crippen molar-refractivity contribution in [2.24, 2.45) is 0 Å². The zero-order chi connectivity index (χ0) is 22.0. The van der Waals surface area contributed by atoms with Crippen LogP contribution in [0, 0.1) is 12.7 Å². The maximum Gasteiger partial charge on any atom is 0.321 e. The smallest absolute Gasteiger partial charge is 0.321 e. The highest BCUT2D eigenvalue weighted by Gasteiger charge is 2.14. The van der Waals surface area contributed by atoms with Crippen molar-refractivity contribution in [1.29, 1.82) is 0 Å². The molecule has 2 N–H and O–H groups in total. The van der Waals surface area contributed by atoms with Gasteiger partial charge in [-0.15, -0.1) is 0 Å². The number of thiazole rings is 1. The Balaban J connectivity index is 1.45. The fourth-order valence-electron chi connectivity index (χ4n) is 2.75. The SMILES string of the molecule is Cc1cnc(CNC(=O)Nc2nc3ccc(N(C)c4ccc(Cl)cc4F)nc3s2)cn1. The first kappa shape index (κ1) is 20.9. The molecule has 8 nitrogen and oxygen atoms in total. The monoisotopic (exact) mass is 457 g/mol. The molecule has 4 rings (SSSR count). The number of carbonyl (C=O) groups excluding carboxylic acids is 1. The molecule has 0 spiro atoms. The molecular formula is C20H17ClFN7OS. The lowest BCUT2D eigenvalue weighted by Crippen LogP contribution is -2.28. The van der Waals surface area contributed by atoms with Crippen LogP contribution in [-0.2, 0) is 6.54 Å². The molecule has 0 aliphatic carbocycles. The van der Waals surface area contributed by atoms with E-state index in [1.54, 1.807) is 48.6 Å². The number of amides is 2. The number of aryl methyl sites for hydroxylation is 1. The van der Waals surface area contributed by atoms with E-state index in [1.807, 2.05) is 6.92 Å². The van der Waals surface area contributed by atoms with Crippen molar-refractivity contribution in [3.8, 4) is 0 Å². The summed E-state index contributed by atoms with van der Waals surface area (Å²) in [6, 6.07) is 7.54. The van der Waals surface area contributed by atoms with Gasteiger partial charge in [-0.05, 0) is 37.3 Å². The first-order valence-corrected chi connectivity index (χ1v) is 10.4. The molecular weight excluding hydrogens is 441 g/mol. The highest BCUT2D eigenvalue weighted by molar-refractivity contribution is 7.22. The molecule has 3 heterocycles. The Hall–Kier alpha value is -3.37. The number of fused-ring (bicyclic) bond motifs is 1. The summed E-state index contributed by atoms with van der Waals surface area (Å²) in [5, 5.41) is 6.11. The van der Waals surface area contributed by atoms with E-state index in [9.17, 15) is 9.18 Å². The molecule has 0 bridgehead atoms. The van der Waals surface area contributed by atoms with Gasteiger partial charge in [0.1, 0.15) is 22.0 Å². The third-order valence-corrected chi connectivity index (χ3v) is 5.46. The molecule has 11 heteroatoms. The number of benzene rings is 1. The number of urea groups is 1. The topological polar surface area (TPSA) is 95.9 Å². The number of nitrogens with one attached hydrogen (secondary N) is 2. The maximum atomic E-state index is 14.2. The van der Waals surface area contributed by atoms with Crippen LogP contribution >= 0.6 is 22.9 Å². The zero-order valence-corrected chi connectivity index (χ0v) is 18.1. The number of rotatable bonds is 5. The first-order valence-electron chi connectivity index (χ1n) is 9.18. The fraction of sp³-hybridized carbons (Fsp3) is 0.150. The second-order valence-corrected chi connectivity index (χ2v) is 8.04. The number of hydrogen-bond acceptors (Lipinski definition) is 7. The van der Waals surface area contributed by atoms with Gasteiger partial charge in [-0.25, -0.2) is 19.2 Å². The largest absolute Gasteiger partial charge is 0.332 e. The van der Waals surface area contributed by atoms with Crippen LogP contribution in [-0.4, -0.2) is 33.0 Å². The van der Waals surface area contributed by atoms with Gasteiger partial charge in [-0.2, -0.15) is 0 Å². The average Bonchev–Trinajstić information content (AvgIpc) is 3.14. The third kappa shape index (κ3) is 4.86. The summed E-state index contributed by atoms with van der Waals surface area (Å²) in [5.41, 5.74) is 2.42. The molecule has 3 aromatic heterocycles. The summed E-state index contributed by atoms with van der Waals surface area (Å²) in [6.07, 6.45) is 3.25. The number of nitrogens with zero attached hydrogens (tertiary/aromatic N) is 5. The minimum atomic E-state index is -0.446. The van der Waals surface area contributed by atoms with E-state index in [1.165, 1.54) is 17.4 Å². The first-order chi connectivity index (χ1) is 14.9. The lowest BCUT2D eigenvalue weighted by atomic mass is 10.2. The molecule has 0 atom stereocenters. The Morgan fingerprint density at radius 3 is 2.77 bits per heavy atom. The van der Waals surface area contributed by atoms with Gasteiger partial charge in [0.05, 0.1) is 29.8 Å². The van der Waals surface area contributed by atoms with Crippen LogP contribution in [0.5, 0.6) is 0 Å². The van der Waals surface area contributed by atoms with Crippen molar-refractivity contribution < 1.29 is 9.18 Å². The number of carbonyl (C=O) groups is 1. The van der Waals surface area contributed by atoms with Crippen molar-refractivity contribution in [2.45, 2.75) is 13.5 Å². The van der Waals surface area contributed by atoms with Crippen LogP contribution in [0.1, 0.15) is 11.4 Å². The highest BCUT2D eigenvalue weighted by Crippen LogP contribution is 2.30. The molecule has 0 saturated carbocycles. The van der Waals surface area contributed by atoms with Gasteiger partial charge in [0.15, 0.2) is 5.13 Å². The van der Waals surface area contributed by atoms with Crippen LogP contribution in [0.25, 0.3) is 10.3 Å². The van der Waals surface area contributed by atoms with Crippen molar-refractivity contribution in [1.82, 2.24) is 25.3 Å². The molecule has 0 aliphatic heterocycles. The summed E-state index contributed by atoms with van der Waals surface area (Å²) in [4.78, 5) is 31.6. The Kier molecular flexibility index (Phi) is 5.92. The molecule has 0 aliphatic rings. The Labute approximate surface area is 186 Å². The number of hydrogen-bond donors (Lipinski definition) is 2. The lowest BCUT2D eigenvalue weighted by molar-refractivity contribution is 0.251. The van der Waals surface area contributed by atoms with Crippen molar-refractivity contribution in [2.75, 3.05) is 17.3 Å². The van der Waals surface area contributed by atoms with Gasteiger partial charge in [-0.1, -0.05) is 22.9 Å². The van der Waals surface area contributed by atoms with Crippen molar-refractivity contribution in [3.05, 3.63) is 65.0 Å². The van der Waals surface area contributed by atoms with E-state index >= 15 is 0 Å². The Morgan fingerprint density at radius 1 is 1.19 bits per heavy atom. The summed E-state index contributed by atoms with van der Waals surface area (Å²) >= 11 is 7.05. The number of pyridine rings is 1. The summed E-state index contributed by atoms with van der Waals surface area (Å²) < 4.78 is 14.2. The van der Waals surface area contributed by atoms with Gasteiger partial charge >= 0.3 is 6.03 Å². The van der Waals surface area contributed by atoms with E-state index < -0.39 is 11.8 Å².